The van der Waals surface area contributed by atoms with E-state index < -0.39 is 11.6 Å². The highest BCUT2D eigenvalue weighted by Crippen LogP contribution is 2.31. The quantitative estimate of drug-likeness (QED) is 0.725. The van der Waals surface area contributed by atoms with E-state index in [9.17, 15) is 9.59 Å². The van der Waals surface area contributed by atoms with Gasteiger partial charge < -0.3 is 5.32 Å². The van der Waals surface area contributed by atoms with Gasteiger partial charge in [-0.05, 0) is 49.9 Å². The molecule has 1 unspecified atom stereocenters. The Kier molecular flexibility index (Phi) is 7.06. The Morgan fingerprint density at radius 1 is 1.07 bits per heavy atom. The maximum Gasteiger partial charge on any atom is 0.248 e. The lowest BCUT2D eigenvalue weighted by Crippen LogP contribution is -2.49. The molecule has 2 rings (SSSR count). The normalized spacial score (nSPS) is 12.9. The average molecular weight is 416 g/mol. The zero-order chi connectivity index (χ0) is 21.8. The molecule has 0 spiro atoms. The second-order valence-electron chi connectivity index (χ2n) is 9.12. The maximum atomic E-state index is 13.2. The Hall–Kier alpha value is -2.40. The van der Waals surface area contributed by atoms with E-state index in [0.717, 1.165) is 5.56 Å². The first-order valence-electron chi connectivity index (χ1n) is 9.64. The standard InChI is InChI=1S/C23H30ClN3O2/c1-22(2,3)17-9-11-18(12-10-17)27(19(28)14-24)20(16-8-7-13-25-15-16)21(29)26-23(4,5)6/h7-13,15,20H,14H2,1-6H3,(H,26,29). The lowest BCUT2D eigenvalue weighted by Gasteiger charge is -2.33. The van der Waals surface area contributed by atoms with Crippen molar-refractivity contribution in [1.29, 1.82) is 0 Å². The van der Waals surface area contributed by atoms with Crippen LogP contribution in [-0.2, 0) is 15.0 Å². The first kappa shape index (κ1) is 22.9. The van der Waals surface area contributed by atoms with Gasteiger partial charge in [0.15, 0.2) is 0 Å². The summed E-state index contributed by atoms with van der Waals surface area (Å²) in [5.41, 5.74) is 1.89. The van der Waals surface area contributed by atoms with Gasteiger partial charge in [-0.15, -0.1) is 11.6 Å². The second kappa shape index (κ2) is 8.95. The minimum absolute atomic E-state index is 0.0216. The van der Waals surface area contributed by atoms with Gasteiger partial charge in [0.1, 0.15) is 11.9 Å². The smallest absolute Gasteiger partial charge is 0.248 e. The number of amides is 2. The Morgan fingerprint density at radius 2 is 1.69 bits per heavy atom. The van der Waals surface area contributed by atoms with Crippen LogP contribution in [0, 0.1) is 0 Å². The molecule has 1 aromatic carbocycles. The summed E-state index contributed by atoms with van der Waals surface area (Å²) in [6, 6.07) is 10.3. The molecule has 0 fully saturated rings. The van der Waals surface area contributed by atoms with Gasteiger partial charge in [-0.25, -0.2) is 0 Å². The van der Waals surface area contributed by atoms with Crippen LogP contribution in [0.5, 0.6) is 0 Å². The number of halogens is 1. The molecule has 2 aromatic rings. The van der Waals surface area contributed by atoms with Crippen LogP contribution in [0.1, 0.15) is 58.7 Å². The molecule has 0 saturated carbocycles. The molecule has 1 atom stereocenters. The summed E-state index contributed by atoms with van der Waals surface area (Å²) in [6.45, 7) is 12.1. The zero-order valence-corrected chi connectivity index (χ0v) is 18.7. The van der Waals surface area contributed by atoms with Gasteiger partial charge in [-0.1, -0.05) is 39.0 Å². The summed E-state index contributed by atoms with van der Waals surface area (Å²) in [7, 11) is 0. The van der Waals surface area contributed by atoms with E-state index in [2.05, 4.69) is 31.1 Å². The molecule has 0 aliphatic heterocycles. The van der Waals surface area contributed by atoms with Gasteiger partial charge in [0.2, 0.25) is 11.8 Å². The van der Waals surface area contributed by atoms with Crippen molar-refractivity contribution in [2.75, 3.05) is 10.8 Å². The van der Waals surface area contributed by atoms with Crippen molar-refractivity contribution in [3.8, 4) is 0 Å². The minimum Gasteiger partial charge on any atom is -0.349 e. The molecule has 0 saturated heterocycles. The molecule has 1 aromatic heterocycles. The SMILES string of the molecule is CC(C)(C)NC(=O)C(c1cccnc1)N(C(=O)CCl)c1ccc(C(C)(C)C)cc1. The Bertz CT molecular complexity index is 837. The Balaban J connectivity index is 2.57. The third-order valence-corrected chi connectivity index (χ3v) is 4.63. The number of carbonyl (C=O) groups is 2. The summed E-state index contributed by atoms with van der Waals surface area (Å²) >= 11 is 5.93. The summed E-state index contributed by atoms with van der Waals surface area (Å²) in [5.74, 6) is -0.877. The fourth-order valence-electron chi connectivity index (χ4n) is 3.02. The number of anilines is 1. The fourth-order valence-corrected chi connectivity index (χ4v) is 3.15. The molecular formula is C23H30ClN3O2. The molecule has 1 heterocycles. The van der Waals surface area contributed by atoms with Crippen LogP contribution in [0.4, 0.5) is 5.69 Å². The minimum atomic E-state index is -0.880. The molecule has 1 N–H and O–H groups in total. The third kappa shape index (κ3) is 6.04. The number of rotatable bonds is 5. The van der Waals surface area contributed by atoms with Crippen LogP contribution in [0.25, 0.3) is 0 Å². The van der Waals surface area contributed by atoms with E-state index in [-0.39, 0.29) is 23.1 Å². The van der Waals surface area contributed by atoms with Crippen LogP contribution in [0.15, 0.2) is 48.8 Å². The van der Waals surface area contributed by atoms with Crippen molar-refractivity contribution in [3.05, 3.63) is 59.9 Å². The lowest BCUT2D eigenvalue weighted by atomic mass is 9.87. The van der Waals surface area contributed by atoms with Crippen molar-refractivity contribution in [2.24, 2.45) is 0 Å². The van der Waals surface area contributed by atoms with Crippen molar-refractivity contribution in [1.82, 2.24) is 10.3 Å². The van der Waals surface area contributed by atoms with Gasteiger partial charge in [0.25, 0.3) is 0 Å². The number of nitrogens with one attached hydrogen (secondary N) is 1. The molecular weight excluding hydrogens is 386 g/mol. The molecule has 2 amide bonds. The highest BCUT2D eigenvalue weighted by molar-refractivity contribution is 6.29. The highest BCUT2D eigenvalue weighted by atomic mass is 35.5. The molecule has 29 heavy (non-hydrogen) atoms. The van der Waals surface area contributed by atoms with E-state index in [0.29, 0.717) is 11.3 Å². The van der Waals surface area contributed by atoms with Gasteiger partial charge in [-0.2, -0.15) is 0 Å². The number of nitrogens with zero attached hydrogens (tertiary/aromatic N) is 2. The first-order chi connectivity index (χ1) is 13.4. The third-order valence-electron chi connectivity index (χ3n) is 4.40. The van der Waals surface area contributed by atoms with Gasteiger partial charge in [0.05, 0.1) is 0 Å². The first-order valence-corrected chi connectivity index (χ1v) is 10.2. The van der Waals surface area contributed by atoms with Crippen molar-refractivity contribution < 1.29 is 9.59 Å². The summed E-state index contributed by atoms with van der Waals surface area (Å²) < 4.78 is 0. The largest absolute Gasteiger partial charge is 0.349 e. The molecule has 0 aliphatic carbocycles. The van der Waals surface area contributed by atoms with E-state index in [4.69, 9.17) is 11.6 Å². The summed E-state index contributed by atoms with van der Waals surface area (Å²) in [5, 5.41) is 2.98. The van der Waals surface area contributed by atoms with Gasteiger partial charge >= 0.3 is 0 Å². The lowest BCUT2D eigenvalue weighted by molar-refractivity contribution is -0.127. The van der Waals surface area contributed by atoms with E-state index in [1.54, 1.807) is 24.5 Å². The van der Waals surface area contributed by atoms with Crippen LogP contribution in [-0.4, -0.2) is 28.2 Å². The number of hydrogen-bond acceptors (Lipinski definition) is 3. The predicted molar refractivity (Wildman–Crippen MR) is 118 cm³/mol. The van der Waals surface area contributed by atoms with E-state index in [1.165, 1.54) is 4.90 Å². The molecule has 0 bridgehead atoms. The molecule has 156 valence electrons. The van der Waals surface area contributed by atoms with Crippen LogP contribution in [0.3, 0.4) is 0 Å². The second-order valence-corrected chi connectivity index (χ2v) is 9.39. The Labute approximate surface area is 178 Å². The number of alkyl halides is 1. The topological polar surface area (TPSA) is 62.3 Å². The predicted octanol–water partition coefficient (Wildman–Crippen LogP) is 4.61. The monoisotopic (exact) mass is 415 g/mol. The highest BCUT2D eigenvalue weighted by Gasteiger charge is 2.34. The van der Waals surface area contributed by atoms with Crippen molar-refractivity contribution >= 4 is 29.1 Å². The van der Waals surface area contributed by atoms with E-state index in [1.807, 2.05) is 45.0 Å². The number of hydrogen-bond donors (Lipinski definition) is 1. The number of pyridine rings is 1. The van der Waals surface area contributed by atoms with Gasteiger partial charge in [0, 0.05) is 29.2 Å². The summed E-state index contributed by atoms with van der Waals surface area (Å²) in [4.78, 5) is 31.7. The average Bonchev–Trinajstić information content (AvgIpc) is 2.64. The van der Waals surface area contributed by atoms with Crippen LogP contribution < -0.4 is 10.2 Å². The molecule has 5 nitrogen and oxygen atoms in total. The number of aromatic nitrogens is 1. The molecule has 0 radical (unpaired) electrons. The number of carbonyl (C=O) groups excluding carboxylic acids is 2. The Morgan fingerprint density at radius 3 is 2.14 bits per heavy atom. The van der Waals surface area contributed by atoms with Crippen LogP contribution >= 0.6 is 11.6 Å². The molecule has 0 aliphatic rings. The molecule has 6 heteroatoms. The van der Waals surface area contributed by atoms with E-state index >= 15 is 0 Å². The zero-order valence-electron chi connectivity index (χ0n) is 18.0. The maximum absolute atomic E-state index is 13.2. The van der Waals surface area contributed by atoms with Crippen molar-refractivity contribution in [3.63, 3.8) is 0 Å². The van der Waals surface area contributed by atoms with Crippen molar-refractivity contribution in [2.45, 2.75) is 58.5 Å². The fraction of sp³-hybridized carbons (Fsp3) is 0.435. The van der Waals surface area contributed by atoms with Gasteiger partial charge in [-0.3, -0.25) is 19.5 Å². The summed E-state index contributed by atoms with van der Waals surface area (Å²) in [6.07, 6.45) is 3.24. The number of benzene rings is 1. The van der Waals surface area contributed by atoms with Crippen LogP contribution in [0.2, 0.25) is 0 Å².